The lowest BCUT2D eigenvalue weighted by Gasteiger charge is -2.02. The number of rotatable bonds is 17. The minimum absolute atomic E-state index is 0.253. The summed E-state index contributed by atoms with van der Waals surface area (Å²) in [7, 11) is 0. The summed E-state index contributed by atoms with van der Waals surface area (Å²) >= 11 is 0. The van der Waals surface area contributed by atoms with Gasteiger partial charge in [0.1, 0.15) is 0 Å². The van der Waals surface area contributed by atoms with Gasteiger partial charge >= 0.3 is 0 Å². The average molecular weight is 309 g/mol. The number of allylic oxidation sites excluding steroid dienone is 3. The van der Waals surface area contributed by atoms with Crippen molar-refractivity contribution in [2.24, 2.45) is 0 Å². The molecule has 0 aromatic rings. The molecule has 0 aromatic carbocycles. The molecule has 130 valence electrons. The highest BCUT2D eigenvalue weighted by Crippen LogP contribution is 2.12. The highest BCUT2D eigenvalue weighted by atomic mass is 16.2. The van der Waals surface area contributed by atoms with Gasteiger partial charge in [0.25, 0.3) is 0 Å². The van der Waals surface area contributed by atoms with Gasteiger partial charge in [-0.15, -0.1) is 0 Å². The molecule has 0 saturated carbocycles. The summed E-state index contributed by atoms with van der Waals surface area (Å²) in [6.07, 6.45) is 28.8. The van der Waals surface area contributed by atoms with Crippen molar-refractivity contribution < 1.29 is 5.11 Å². The summed E-state index contributed by atoms with van der Waals surface area (Å²) in [5.74, 6) is 0. The number of aliphatic hydroxyl groups excluding tert-OH is 1. The summed E-state index contributed by atoms with van der Waals surface area (Å²) in [5.41, 5.74) is 0. The van der Waals surface area contributed by atoms with E-state index in [9.17, 15) is 0 Å². The van der Waals surface area contributed by atoms with E-state index in [4.69, 9.17) is 5.11 Å². The average Bonchev–Trinajstić information content (AvgIpc) is 2.54. The zero-order valence-electron chi connectivity index (χ0n) is 15.1. The van der Waals surface area contributed by atoms with E-state index in [-0.39, 0.29) is 6.61 Å². The number of hydrogen-bond donors (Lipinski definition) is 1. The lowest BCUT2D eigenvalue weighted by molar-refractivity contribution is 0.302. The first-order valence-electron chi connectivity index (χ1n) is 9.84. The molecule has 0 spiro atoms. The molecular formula is C21H40O. The van der Waals surface area contributed by atoms with Gasteiger partial charge in [-0.2, -0.15) is 0 Å². The van der Waals surface area contributed by atoms with Crippen LogP contribution in [0.25, 0.3) is 0 Å². The van der Waals surface area contributed by atoms with Crippen LogP contribution < -0.4 is 0 Å². The minimum atomic E-state index is 0.253. The van der Waals surface area contributed by atoms with E-state index < -0.39 is 0 Å². The molecule has 0 fully saturated rings. The van der Waals surface area contributed by atoms with Crippen LogP contribution in [0.3, 0.4) is 0 Å². The zero-order chi connectivity index (χ0) is 16.1. The van der Waals surface area contributed by atoms with E-state index in [1.165, 1.54) is 89.9 Å². The molecule has 0 aliphatic rings. The molecule has 0 unspecified atom stereocenters. The first-order chi connectivity index (χ1) is 10.9. The van der Waals surface area contributed by atoms with Gasteiger partial charge in [0.15, 0.2) is 0 Å². The molecule has 1 heteroatoms. The second-order valence-electron chi connectivity index (χ2n) is 6.40. The second-order valence-corrected chi connectivity index (χ2v) is 6.40. The molecule has 0 aromatic heterocycles. The standard InChI is InChI=1S/C21H40O/c1-2-3-4-5-6-7-8-9-10-11-12-13-14-15-16-17-18-19-20-21-22/h16-19,22H,2-15,20-21H2,1H3/b17-16+,19-18+. The van der Waals surface area contributed by atoms with E-state index in [2.05, 4.69) is 19.1 Å². The third-order valence-electron chi connectivity index (χ3n) is 4.15. The van der Waals surface area contributed by atoms with Crippen molar-refractivity contribution in [2.75, 3.05) is 6.61 Å². The predicted molar refractivity (Wildman–Crippen MR) is 100 cm³/mol. The predicted octanol–water partition coefficient (Wildman–Crippen LogP) is 6.96. The van der Waals surface area contributed by atoms with E-state index in [1.807, 2.05) is 12.2 Å². The fraction of sp³-hybridized carbons (Fsp3) is 0.810. The third kappa shape index (κ3) is 19.4. The van der Waals surface area contributed by atoms with E-state index in [1.54, 1.807) is 0 Å². The molecule has 1 N–H and O–H groups in total. The molecule has 0 amide bonds. The van der Waals surface area contributed by atoms with Gasteiger partial charge in [-0.3, -0.25) is 0 Å². The van der Waals surface area contributed by atoms with Gasteiger partial charge in [-0.05, 0) is 19.3 Å². The molecule has 0 bridgehead atoms. The Labute approximate surface area is 139 Å². The summed E-state index contributed by atoms with van der Waals surface area (Å²) < 4.78 is 0. The van der Waals surface area contributed by atoms with Crippen molar-refractivity contribution in [3.63, 3.8) is 0 Å². The van der Waals surface area contributed by atoms with Gasteiger partial charge in [-0.1, -0.05) is 108 Å². The van der Waals surface area contributed by atoms with Crippen molar-refractivity contribution in [1.29, 1.82) is 0 Å². The number of hydrogen-bond acceptors (Lipinski definition) is 1. The second kappa shape index (κ2) is 20.4. The number of unbranched alkanes of at least 4 members (excludes halogenated alkanes) is 13. The summed E-state index contributed by atoms with van der Waals surface area (Å²) in [6.45, 7) is 2.54. The normalized spacial score (nSPS) is 11.9. The van der Waals surface area contributed by atoms with Gasteiger partial charge in [0.2, 0.25) is 0 Å². The molecule has 0 saturated heterocycles. The van der Waals surface area contributed by atoms with Crippen molar-refractivity contribution in [2.45, 2.75) is 103 Å². The molecule has 0 heterocycles. The van der Waals surface area contributed by atoms with Crippen LogP contribution >= 0.6 is 0 Å². The van der Waals surface area contributed by atoms with Crippen LogP contribution in [0, 0.1) is 0 Å². The molecule has 0 radical (unpaired) electrons. The minimum Gasteiger partial charge on any atom is -0.396 e. The maximum Gasteiger partial charge on any atom is 0.0465 e. The van der Waals surface area contributed by atoms with Gasteiger partial charge in [0.05, 0.1) is 0 Å². The SMILES string of the molecule is CCCCCCCCCCCCCCC/C=C/C=C/CCO. The smallest absolute Gasteiger partial charge is 0.0465 e. The Balaban J connectivity index is 3.05. The quantitative estimate of drug-likeness (QED) is 0.227. The molecule has 0 atom stereocenters. The summed E-state index contributed by atoms with van der Waals surface area (Å²) in [5, 5.41) is 8.63. The molecule has 22 heavy (non-hydrogen) atoms. The van der Waals surface area contributed by atoms with Crippen LogP contribution in [0.5, 0.6) is 0 Å². The highest BCUT2D eigenvalue weighted by Gasteiger charge is 1.93. The van der Waals surface area contributed by atoms with Crippen molar-refractivity contribution in [3.05, 3.63) is 24.3 Å². The van der Waals surface area contributed by atoms with Crippen molar-refractivity contribution in [1.82, 2.24) is 0 Å². The van der Waals surface area contributed by atoms with Crippen LogP contribution in [0.2, 0.25) is 0 Å². The first-order valence-corrected chi connectivity index (χ1v) is 9.84. The zero-order valence-corrected chi connectivity index (χ0v) is 15.1. The lowest BCUT2D eigenvalue weighted by atomic mass is 10.0. The molecule has 1 nitrogen and oxygen atoms in total. The first kappa shape index (κ1) is 21.4. The van der Waals surface area contributed by atoms with Crippen LogP contribution in [0.4, 0.5) is 0 Å². The Morgan fingerprint density at radius 3 is 1.41 bits per heavy atom. The van der Waals surface area contributed by atoms with Crippen LogP contribution in [-0.4, -0.2) is 11.7 Å². The maximum absolute atomic E-state index is 8.63. The Morgan fingerprint density at radius 1 is 0.545 bits per heavy atom. The Kier molecular flexibility index (Phi) is 19.9. The summed E-state index contributed by atoms with van der Waals surface area (Å²) in [6, 6.07) is 0. The van der Waals surface area contributed by atoms with E-state index in [0.717, 1.165) is 6.42 Å². The largest absolute Gasteiger partial charge is 0.396 e. The maximum atomic E-state index is 8.63. The molecule has 0 aliphatic heterocycles. The summed E-state index contributed by atoms with van der Waals surface area (Å²) in [4.78, 5) is 0. The van der Waals surface area contributed by atoms with E-state index in [0.29, 0.717) is 0 Å². The Hall–Kier alpha value is -0.560. The molecule has 0 aliphatic carbocycles. The van der Waals surface area contributed by atoms with Gasteiger partial charge < -0.3 is 5.11 Å². The topological polar surface area (TPSA) is 20.2 Å². The van der Waals surface area contributed by atoms with Crippen LogP contribution in [-0.2, 0) is 0 Å². The highest BCUT2D eigenvalue weighted by molar-refractivity contribution is 5.02. The Bertz CT molecular complexity index is 242. The van der Waals surface area contributed by atoms with Gasteiger partial charge in [-0.25, -0.2) is 0 Å². The number of aliphatic hydroxyl groups is 1. The monoisotopic (exact) mass is 308 g/mol. The van der Waals surface area contributed by atoms with Crippen molar-refractivity contribution in [3.8, 4) is 0 Å². The fourth-order valence-electron chi connectivity index (χ4n) is 2.70. The van der Waals surface area contributed by atoms with Gasteiger partial charge in [0, 0.05) is 6.61 Å². The Morgan fingerprint density at radius 2 is 0.955 bits per heavy atom. The third-order valence-corrected chi connectivity index (χ3v) is 4.15. The fourth-order valence-corrected chi connectivity index (χ4v) is 2.70. The van der Waals surface area contributed by atoms with Crippen molar-refractivity contribution >= 4 is 0 Å². The molecular weight excluding hydrogens is 268 g/mol. The van der Waals surface area contributed by atoms with Crippen LogP contribution in [0.1, 0.15) is 103 Å². The van der Waals surface area contributed by atoms with E-state index >= 15 is 0 Å². The van der Waals surface area contributed by atoms with Crippen LogP contribution in [0.15, 0.2) is 24.3 Å². The lowest BCUT2D eigenvalue weighted by Crippen LogP contribution is -1.82. The molecule has 0 rings (SSSR count).